The third-order valence-electron chi connectivity index (χ3n) is 5.63. The number of halogens is 1. The van der Waals surface area contributed by atoms with Gasteiger partial charge < -0.3 is 10.4 Å². The minimum Gasteiger partial charge on any atom is -0.480 e. The molecule has 0 unspecified atom stereocenters. The van der Waals surface area contributed by atoms with E-state index in [1.165, 1.54) is 23.9 Å². The van der Waals surface area contributed by atoms with Crippen LogP contribution in [-0.2, 0) is 4.79 Å². The van der Waals surface area contributed by atoms with E-state index in [-0.39, 0.29) is 22.3 Å². The number of carboxylic acids is 1. The van der Waals surface area contributed by atoms with Gasteiger partial charge in [0.1, 0.15) is 11.7 Å². The fourth-order valence-corrected chi connectivity index (χ4v) is 6.34. The number of fused-ring (bicyclic) bond motifs is 3. The Kier molecular flexibility index (Phi) is 5.29. The normalized spacial score (nSPS) is 26.9. The Hall–Kier alpha value is -2.85. The second kappa shape index (κ2) is 7.77. The van der Waals surface area contributed by atoms with E-state index in [2.05, 4.69) is 5.32 Å². The standard InChI is InChI=1S/C19H16ClN3O6S/c20-16-14(30-13-7-2-1-5-11(13)22(26)27)8-10-15(16)9-4-3-6-12(23(28)29)17(9)21-18(10)19(24)25/h1-7,10,14-16,18,21H,8H2,(H,24,25)/t10-,14-,15+,16-,18-/m1/s1. The number of para-hydroxylation sites is 2. The average Bonchev–Trinajstić information content (AvgIpc) is 3.03. The molecule has 2 N–H and O–H groups in total. The molecule has 1 saturated carbocycles. The van der Waals surface area contributed by atoms with Crippen molar-refractivity contribution in [3.8, 4) is 0 Å². The number of carbonyl (C=O) groups is 1. The summed E-state index contributed by atoms with van der Waals surface area (Å²) in [5, 5.41) is 34.5. The van der Waals surface area contributed by atoms with Gasteiger partial charge in [0.15, 0.2) is 0 Å². The lowest BCUT2D eigenvalue weighted by atomic mass is 9.79. The molecule has 9 nitrogen and oxygen atoms in total. The number of nitrogens with one attached hydrogen (secondary N) is 1. The molecule has 2 aromatic rings. The smallest absolute Gasteiger partial charge is 0.326 e. The van der Waals surface area contributed by atoms with Crippen LogP contribution < -0.4 is 5.32 Å². The summed E-state index contributed by atoms with van der Waals surface area (Å²) in [6, 6.07) is 9.88. The Labute approximate surface area is 179 Å². The second-order valence-electron chi connectivity index (χ2n) is 7.21. The summed E-state index contributed by atoms with van der Waals surface area (Å²) in [6.45, 7) is 0. The number of alkyl halides is 1. The lowest BCUT2D eigenvalue weighted by Gasteiger charge is -2.35. The maximum Gasteiger partial charge on any atom is 0.326 e. The first kappa shape index (κ1) is 20.4. The summed E-state index contributed by atoms with van der Waals surface area (Å²) in [5.41, 5.74) is 0.552. The van der Waals surface area contributed by atoms with Gasteiger partial charge in [0.25, 0.3) is 11.4 Å². The molecule has 0 amide bonds. The lowest BCUT2D eigenvalue weighted by molar-refractivity contribution is -0.387. The van der Waals surface area contributed by atoms with Gasteiger partial charge in [0.2, 0.25) is 0 Å². The number of aliphatic carboxylic acids is 1. The Bertz CT molecular complexity index is 1050. The van der Waals surface area contributed by atoms with Gasteiger partial charge in [-0.3, -0.25) is 20.2 Å². The van der Waals surface area contributed by atoms with Crippen LogP contribution in [-0.4, -0.2) is 37.6 Å². The Morgan fingerprint density at radius 2 is 1.77 bits per heavy atom. The number of hydrogen-bond acceptors (Lipinski definition) is 7. The number of nitrogens with zero attached hydrogens (tertiary/aromatic N) is 2. The Balaban J connectivity index is 1.73. The molecule has 4 rings (SSSR count). The topological polar surface area (TPSA) is 136 Å². The number of thioether (sulfide) groups is 1. The summed E-state index contributed by atoms with van der Waals surface area (Å²) in [5.74, 6) is -1.95. The Morgan fingerprint density at radius 1 is 1.10 bits per heavy atom. The maximum absolute atomic E-state index is 11.9. The highest BCUT2D eigenvalue weighted by atomic mass is 35.5. The molecule has 5 atom stereocenters. The van der Waals surface area contributed by atoms with E-state index in [0.717, 1.165) is 0 Å². The zero-order chi connectivity index (χ0) is 21.6. The van der Waals surface area contributed by atoms with E-state index in [1.54, 1.807) is 30.3 Å². The highest BCUT2D eigenvalue weighted by Gasteiger charge is 2.53. The van der Waals surface area contributed by atoms with Gasteiger partial charge in [-0.1, -0.05) is 24.3 Å². The zero-order valence-corrected chi connectivity index (χ0v) is 16.9. The second-order valence-corrected chi connectivity index (χ2v) is 8.99. The first-order valence-corrected chi connectivity index (χ1v) is 10.4. The molecular formula is C19H16ClN3O6S. The number of nitro groups is 2. The quantitative estimate of drug-likeness (QED) is 0.392. The minimum atomic E-state index is -1.12. The van der Waals surface area contributed by atoms with Crippen LogP contribution >= 0.6 is 23.4 Å². The van der Waals surface area contributed by atoms with Crippen molar-refractivity contribution in [2.75, 3.05) is 5.32 Å². The van der Waals surface area contributed by atoms with Crippen LogP contribution in [0.15, 0.2) is 47.4 Å². The fraction of sp³-hybridized carbons (Fsp3) is 0.316. The van der Waals surface area contributed by atoms with Crippen LogP contribution in [0.4, 0.5) is 17.1 Å². The van der Waals surface area contributed by atoms with Gasteiger partial charge in [-0.2, -0.15) is 0 Å². The zero-order valence-electron chi connectivity index (χ0n) is 15.3. The van der Waals surface area contributed by atoms with E-state index < -0.39 is 39.1 Å². The third-order valence-corrected chi connectivity index (χ3v) is 7.74. The van der Waals surface area contributed by atoms with Gasteiger partial charge in [-0.25, -0.2) is 4.79 Å². The van der Waals surface area contributed by atoms with E-state index in [0.29, 0.717) is 16.9 Å². The van der Waals surface area contributed by atoms with E-state index in [9.17, 15) is 30.1 Å². The molecule has 2 aliphatic rings. The van der Waals surface area contributed by atoms with Crippen molar-refractivity contribution in [3.63, 3.8) is 0 Å². The van der Waals surface area contributed by atoms with Crippen molar-refractivity contribution in [2.45, 2.75) is 33.9 Å². The number of benzene rings is 2. The van der Waals surface area contributed by atoms with E-state index in [1.807, 2.05) is 0 Å². The molecule has 0 aromatic heterocycles. The highest BCUT2D eigenvalue weighted by molar-refractivity contribution is 8.00. The summed E-state index contributed by atoms with van der Waals surface area (Å²) in [6.07, 6.45) is 0.404. The first-order valence-electron chi connectivity index (χ1n) is 9.10. The lowest BCUT2D eigenvalue weighted by Crippen LogP contribution is -2.42. The third kappa shape index (κ3) is 3.35. The molecule has 30 heavy (non-hydrogen) atoms. The predicted molar refractivity (Wildman–Crippen MR) is 111 cm³/mol. The SMILES string of the molecule is O=C(O)[C@@H]1Nc2c(cccc2[N+](=O)[O-])[C@@H]2[C@H](Cl)[C@H](Sc3ccccc3[N+](=O)[O-])C[C@H]21. The van der Waals surface area contributed by atoms with Crippen LogP contribution in [0.2, 0.25) is 0 Å². The van der Waals surface area contributed by atoms with Gasteiger partial charge in [0, 0.05) is 23.3 Å². The molecule has 1 fully saturated rings. The highest BCUT2D eigenvalue weighted by Crippen LogP contribution is 2.56. The van der Waals surface area contributed by atoms with E-state index >= 15 is 0 Å². The maximum atomic E-state index is 11.9. The average molecular weight is 450 g/mol. The predicted octanol–water partition coefficient (Wildman–Crippen LogP) is 4.25. The van der Waals surface area contributed by atoms with Gasteiger partial charge in [-0.15, -0.1) is 23.4 Å². The largest absolute Gasteiger partial charge is 0.480 e. The molecule has 11 heteroatoms. The molecule has 0 radical (unpaired) electrons. The van der Waals surface area contributed by atoms with Crippen LogP contribution in [0.3, 0.4) is 0 Å². The molecule has 156 valence electrons. The molecule has 0 spiro atoms. The summed E-state index contributed by atoms with van der Waals surface area (Å²) in [7, 11) is 0. The van der Waals surface area contributed by atoms with Crippen molar-refractivity contribution < 1.29 is 19.7 Å². The first-order chi connectivity index (χ1) is 14.3. The van der Waals surface area contributed by atoms with Crippen molar-refractivity contribution in [1.29, 1.82) is 0 Å². The number of anilines is 1. The van der Waals surface area contributed by atoms with Gasteiger partial charge in [-0.05, 0) is 24.0 Å². The number of rotatable bonds is 5. The fourth-order valence-electron chi connectivity index (χ4n) is 4.39. The Morgan fingerprint density at radius 3 is 2.43 bits per heavy atom. The van der Waals surface area contributed by atoms with Crippen molar-refractivity contribution >= 4 is 46.4 Å². The van der Waals surface area contributed by atoms with Crippen molar-refractivity contribution in [3.05, 3.63) is 68.3 Å². The van der Waals surface area contributed by atoms with Crippen LogP contribution in [0.25, 0.3) is 0 Å². The van der Waals surface area contributed by atoms with Crippen molar-refractivity contribution in [2.24, 2.45) is 5.92 Å². The summed E-state index contributed by atoms with van der Waals surface area (Å²) in [4.78, 5) is 34.2. The number of hydrogen-bond donors (Lipinski definition) is 2. The molecule has 2 aromatic carbocycles. The van der Waals surface area contributed by atoms with E-state index in [4.69, 9.17) is 11.6 Å². The molecular weight excluding hydrogens is 434 g/mol. The van der Waals surface area contributed by atoms with Crippen LogP contribution in [0, 0.1) is 26.1 Å². The number of nitro benzene ring substituents is 2. The minimum absolute atomic E-state index is 0.0369. The van der Waals surface area contributed by atoms with Gasteiger partial charge >= 0.3 is 5.97 Å². The number of carboxylic acid groups (broad SMARTS) is 1. The summed E-state index contributed by atoms with van der Waals surface area (Å²) < 4.78 is 0. The summed E-state index contributed by atoms with van der Waals surface area (Å²) >= 11 is 8.03. The van der Waals surface area contributed by atoms with Crippen LogP contribution in [0.5, 0.6) is 0 Å². The van der Waals surface area contributed by atoms with Crippen LogP contribution in [0.1, 0.15) is 17.9 Å². The molecule has 1 aliphatic carbocycles. The monoisotopic (exact) mass is 449 g/mol. The molecule has 1 aliphatic heterocycles. The van der Waals surface area contributed by atoms with Crippen molar-refractivity contribution in [1.82, 2.24) is 0 Å². The molecule has 0 saturated heterocycles. The van der Waals surface area contributed by atoms with Gasteiger partial charge in [0.05, 0.1) is 20.1 Å². The molecule has 0 bridgehead atoms. The molecule has 1 heterocycles.